The number of guanidine groups is 1. The van der Waals surface area contributed by atoms with Crippen molar-refractivity contribution in [2.24, 2.45) is 4.99 Å². The zero-order valence-corrected chi connectivity index (χ0v) is 7.04. The third-order valence-electron chi connectivity index (χ3n) is 1.61. The molecule has 64 valence electrons. The minimum atomic E-state index is -0.519. The molecular weight excluding hydrogens is 142 g/mol. The first kappa shape index (κ1) is 8.33. The summed E-state index contributed by atoms with van der Waals surface area (Å²) >= 11 is 0. The number of aliphatic hydroxyl groups excluding tert-OH is 1. The minimum absolute atomic E-state index is 0.519. The first-order valence-electron chi connectivity index (χ1n) is 3.90. The molecule has 2 N–H and O–H groups in total. The molecule has 0 radical (unpaired) electrons. The SMILES string of the molecule is CC(O)NC1=NCCCN1C. The molecule has 0 saturated heterocycles. The van der Waals surface area contributed by atoms with E-state index in [2.05, 4.69) is 10.3 Å². The van der Waals surface area contributed by atoms with Gasteiger partial charge >= 0.3 is 0 Å². The Morgan fingerprint density at radius 3 is 3.00 bits per heavy atom. The standard InChI is InChI=1S/C7H15N3O/c1-6(11)9-7-8-4-3-5-10(7)2/h6,11H,3-5H2,1-2H3,(H,8,9). The summed E-state index contributed by atoms with van der Waals surface area (Å²) in [4.78, 5) is 6.23. The maximum atomic E-state index is 9.00. The van der Waals surface area contributed by atoms with Crippen LogP contribution in [0.25, 0.3) is 0 Å². The van der Waals surface area contributed by atoms with Crippen molar-refractivity contribution in [1.29, 1.82) is 0 Å². The number of nitrogens with zero attached hydrogens (tertiary/aromatic N) is 2. The summed E-state index contributed by atoms with van der Waals surface area (Å²) in [5.41, 5.74) is 0. The molecule has 0 fully saturated rings. The zero-order valence-electron chi connectivity index (χ0n) is 7.04. The molecule has 1 unspecified atom stereocenters. The molecular formula is C7H15N3O. The molecule has 11 heavy (non-hydrogen) atoms. The normalized spacial score (nSPS) is 21.0. The summed E-state index contributed by atoms with van der Waals surface area (Å²) in [6.07, 6.45) is 0.580. The maximum absolute atomic E-state index is 9.00. The van der Waals surface area contributed by atoms with E-state index in [0.29, 0.717) is 0 Å². The molecule has 0 spiro atoms. The molecule has 1 aliphatic rings. The molecule has 0 aromatic rings. The highest BCUT2D eigenvalue weighted by Gasteiger charge is 2.10. The van der Waals surface area contributed by atoms with Crippen LogP contribution in [0.2, 0.25) is 0 Å². The van der Waals surface area contributed by atoms with Gasteiger partial charge in [-0.15, -0.1) is 0 Å². The number of nitrogens with one attached hydrogen (secondary N) is 1. The Hall–Kier alpha value is -0.770. The van der Waals surface area contributed by atoms with Crippen molar-refractivity contribution in [3.63, 3.8) is 0 Å². The molecule has 1 rings (SSSR count). The van der Waals surface area contributed by atoms with Gasteiger partial charge in [0.15, 0.2) is 5.96 Å². The molecule has 0 aliphatic carbocycles. The molecule has 0 amide bonds. The van der Waals surface area contributed by atoms with Crippen molar-refractivity contribution in [2.75, 3.05) is 20.1 Å². The van der Waals surface area contributed by atoms with Gasteiger partial charge < -0.3 is 15.3 Å². The molecule has 0 aromatic heterocycles. The van der Waals surface area contributed by atoms with Crippen LogP contribution < -0.4 is 5.32 Å². The van der Waals surface area contributed by atoms with Crippen LogP contribution in [0.4, 0.5) is 0 Å². The predicted molar refractivity (Wildman–Crippen MR) is 44.4 cm³/mol. The fourth-order valence-electron chi connectivity index (χ4n) is 1.06. The molecule has 4 nitrogen and oxygen atoms in total. The van der Waals surface area contributed by atoms with E-state index >= 15 is 0 Å². The highest BCUT2D eigenvalue weighted by atomic mass is 16.3. The van der Waals surface area contributed by atoms with Crippen LogP contribution in [0.1, 0.15) is 13.3 Å². The van der Waals surface area contributed by atoms with E-state index in [4.69, 9.17) is 5.11 Å². The molecule has 1 atom stereocenters. The lowest BCUT2D eigenvalue weighted by Crippen LogP contribution is -2.45. The Bertz CT molecular complexity index is 156. The number of hydrogen-bond acceptors (Lipinski definition) is 4. The van der Waals surface area contributed by atoms with Crippen molar-refractivity contribution in [2.45, 2.75) is 19.6 Å². The second-order valence-electron chi connectivity index (χ2n) is 2.80. The van der Waals surface area contributed by atoms with Crippen molar-refractivity contribution in [1.82, 2.24) is 10.2 Å². The van der Waals surface area contributed by atoms with E-state index in [1.165, 1.54) is 0 Å². The van der Waals surface area contributed by atoms with Gasteiger partial charge in [0.05, 0.1) is 0 Å². The molecule has 0 bridgehead atoms. The fourth-order valence-corrected chi connectivity index (χ4v) is 1.06. The van der Waals surface area contributed by atoms with Gasteiger partial charge in [0, 0.05) is 20.1 Å². The fraction of sp³-hybridized carbons (Fsp3) is 0.857. The minimum Gasteiger partial charge on any atom is -0.374 e. The van der Waals surface area contributed by atoms with Crippen LogP contribution in [0.15, 0.2) is 4.99 Å². The third kappa shape index (κ3) is 2.38. The number of aliphatic hydroxyl groups is 1. The van der Waals surface area contributed by atoms with Gasteiger partial charge in [-0.05, 0) is 13.3 Å². The van der Waals surface area contributed by atoms with Gasteiger partial charge in [0.1, 0.15) is 6.23 Å². The Morgan fingerprint density at radius 1 is 1.73 bits per heavy atom. The van der Waals surface area contributed by atoms with Gasteiger partial charge in [-0.2, -0.15) is 0 Å². The Kier molecular flexibility index (Phi) is 2.70. The average Bonchev–Trinajstić information content (AvgIpc) is 1.93. The summed E-state index contributed by atoms with van der Waals surface area (Å²) in [6, 6.07) is 0. The summed E-state index contributed by atoms with van der Waals surface area (Å²) in [7, 11) is 1.97. The number of aliphatic imine (C=N–C) groups is 1. The van der Waals surface area contributed by atoms with Crippen molar-refractivity contribution in [3.05, 3.63) is 0 Å². The molecule has 4 heteroatoms. The highest BCUT2D eigenvalue weighted by molar-refractivity contribution is 5.80. The lowest BCUT2D eigenvalue weighted by molar-refractivity contribution is 0.174. The monoisotopic (exact) mass is 157 g/mol. The van der Waals surface area contributed by atoms with Crippen molar-refractivity contribution < 1.29 is 5.11 Å². The van der Waals surface area contributed by atoms with E-state index in [9.17, 15) is 0 Å². The van der Waals surface area contributed by atoms with E-state index in [-0.39, 0.29) is 0 Å². The topological polar surface area (TPSA) is 47.9 Å². The number of hydrogen-bond donors (Lipinski definition) is 2. The highest BCUT2D eigenvalue weighted by Crippen LogP contribution is 1.97. The van der Waals surface area contributed by atoms with Crippen LogP contribution in [-0.2, 0) is 0 Å². The Labute approximate surface area is 66.9 Å². The Morgan fingerprint density at radius 2 is 2.45 bits per heavy atom. The van der Waals surface area contributed by atoms with Gasteiger partial charge in [-0.3, -0.25) is 4.99 Å². The summed E-state index contributed by atoms with van der Waals surface area (Å²) < 4.78 is 0. The predicted octanol–water partition coefficient (Wildman–Crippen LogP) is -0.394. The molecule has 1 aliphatic heterocycles. The molecule has 0 aromatic carbocycles. The van der Waals surface area contributed by atoms with Crippen LogP contribution in [0, 0.1) is 0 Å². The van der Waals surface area contributed by atoms with Gasteiger partial charge in [-0.1, -0.05) is 0 Å². The Balaban J connectivity index is 2.47. The smallest absolute Gasteiger partial charge is 0.195 e. The second-order valence-corrected chi connectivity index (χ2v) is 2.80. The third-order valence-corrected chi connectivity index (χ3v) is 1.61. The summed E-state index contributed by atoms with van der Waals surface area (Å²) in [5.74, 6) is 0.797. The summed E-state index contributed by atoms with van der Waals surface area (Å²) in [5, 5.41) is 11.9. The van der Waals surface area contributed by atoms with Crippen molar-refractivity contribution >= 4 is 5.96 Å². The van der Waals surface area contributed by atoms with E-state index in [1.54, 1.807) is 6.92 Å². The average molecular weight is 157 g/mol. The zero-order chi connectivity index (χ0) is 8.27. The van der Waals surface area contributed by atoms with Gasteiger partial charge in [-0.25, -0.2) is 0 Å². The first-order valence-corrected chi connectivity index (χ1v) is 3.90. The van der Waals surface area contributed by atoms with Gasteiger partial charge in [0.2, 0.25) is 0 Å². The van der Waals surface area contributed by atoms with E-state index in [1.807, 2.05) is 11.9 Å². The largest absolute Gasteiger partial charge is 0.374 e. The quantitative estimate of drug-likeness (QED) is 0.509. The van der Waals surface area contributed by atoms with Crippen molar-refractivity contribution in [3.8, 4) is 0 Å². The van der Waals surface area contributed by atoms with Crippen LogP contribution in [0.3, 0.4) is 0 Å². The lowest BCUT2D eigenvalue weighted by Gasteiger charge is -2.26. The van der Waals surface area contributed by atoms with E-state index < -0.39 is 6.23 Å². The van der Waals surface area contributed by atoms with Crippen LogP contribution in [-0.4, -0.2) is 42.3 Å². The number of rotatable bonds is 1. The van der Waals surface area contributed by atoms with Gasteiger partial charge in [0.25, 0.3) is 0 Å². The summed E-state index contributed by atoms with van der Waals surface area (Å²) in [6.45, 7) is 3.56. The molecule has 1 heterocycles. The maximum Gasteiger partial charge on any atom is 0.195 e. The van der Waals surface area contributed by atoms with Crippen LogP contribution >= 0.6 is 0 Å². The molecule has 0 saturated carbocycles. The first-order chi connectivity index (χ1) is 5.20. The second kappa shape index (κ2) is 3.57. The van der Waals surface area contributed by atoms with E-state index in [0.717, 1.165) is 25.5 Å². The van der Waals surface area contributed by atoms with Crippen LogP contribution in [0.5, 0.6) is 0 Å². The lowest BCUT2D eigenvalue weighted by atomic mass is 10.3.